The van der Waals surface area contributed by atoms with Crippen molar-refractivity contribution in [1.29, 1.82) is 0 Å². The number of hydrogen-bond donors (Lipinski definition) is 2. The molecule has 1 aliphatic carbocycles. The van der Waals surface area contributed by atoms with Gasteiger partial charge in [0.15, 0.2) is 0 Å². The molecule has 5 heteroatoms. The molecule has 0 spiro atoms. The summed E-state index contributed by atoms with van der Waals surface area (Å²) in [5, 5.41) is 6.06. The van der Waals surface area contributed by atoms with Crippen LogP contribution in [-0.2, 0) is 6.54 Å². The third-order valence-electron chi connectivity index (χ3n) is 3.44. The smallest absolute Gasteiger partial charge is 0.319 e. The Morgan fingerprint density at radius 1 is 1.29 bits per heavy atom. The van der Waals surface area contributed by atoms with Crippen molar-refractivity contribution in [3.63, 3.8) is 0 Å². The number of benzene rings is 1. The summed E-state index contributed by atoms with van der Waals surface area (Å²) < 4.78 is 0. The molecule has 1 aromatic carbocycles. The van der Waals surface area contributed by atoms with Crippen LogP contribution < -0.4 is 10.6 Å². The first kappa shape index (κ1) is 13.9. The molecule has 3 rings (SSSR count). The van der Waals surface area contributed by atoms with E-state index in [1.54, 1.807) is 18.3 Å². The number of pyridine rings is 1. The predicted molar refractivity (Wildman–Crippen MR) is 83.5 cm³/mol. The number of nitrogens with zero attached hydrogens (tertiary/aromatic N) is 1. The topological polar surface area (TPSA) is 54.0 Å². The third kappa shape index (κ3) is 3.73. The van der Waals surface area contributed by atoms with Crippen LogP contribution in [0.15, 0.2) is 42.7 Å². The zero-order valence-electron chi connectivity index (χ0n) is 11.5. The number of amides is 2. The monoisotopic (exact) mass is 301 g/mol. The molecule has 2 amide bonds. The lowest BCUT2D eigenvalue weighted by Crippen LogP contribution is -2.28. The highest BCUT2D eigenvalue weighted by Crippen LogP contribution is 2.39. The maximum Gasteiger partial charge on any atom is 0.319 e. The average Bonchev–Trinajstić information content (AvgIpc) is 3.33. The van der Waals surface area contributed by atoms with Crippen LogP contribution in [-0.4, -0.2) is 11.0 Å². The highest BCUT2D eigenvalue weighted by molar-refractivity contribution is 6.33. The fraction of sp³-hybridized carbons (Fsp3) is 0.250. The number of rotatable bonds is 4. The number of nitrogens with one attached hydrogen (secondary N) is 2. The number of carbonyl (C=O) groups is 1. The molecule has 0 atom stereocenters. The maximum absolute atomic E-state index is 11.9. The van der Waals surface area contributed by atoms with Gasteiger partial charge in [0.2, 0.25) is 0 Å². The molecule has 0 aliphatic heterocycles. The first-order valence-electron chi connectivity index (χ1n) is 6.95. The molecule has 4 nitrogen and oxygen atoms in total. The van der Waals surface area contributed by atoms with Crippen LogP contribution in [0.4, 0.5) is 10.5 Å². The Hall–Kier alpha value is -2.07. The largest absolute Gasteiger partial charge is 0.334 e. The van der Waals surface area contributed by atoms with Crippen LogP contribution in [0.1, 0.15) is 29.9 Å². The van der Waals surface area contributed by atoms with Gasteiger partial charge in [-0.25, -0.2) is 4.79 Å². The fourth-order valence-corrected chi connectivity index (χ4v) is 2.34. The molecule has 0 saturated heterocycles. The van der Waals surface area contributed by atoms with Crippen LogP contribution in [0.3, 0.4) is 0 Å². The summed E-state index contributed by atoms with van der Waals surface area (Å²) in [6.45, 7) is 0.448. The quantitative estimate of drug-likeness (QED) is 0.899. The molecule has 1 aromatic heterocycles. The molecule has 0 unspecified atom stereocenters. The Labute approximate surface area is 128 Å². The summed E-state index contributed by atoms with van der Waals surface area (Å²) in [5.41, 5.74) is 2.87. The lowest BCUT2D eigenvalue weighted by atomic mass is 10.1. The number of anilines is 1. The second-order valence-electron chi connectivity index (χ2n) is 5.19. The number of aromatic nitrogens is 1. The summed E-state index contributed by atoms with van der Waals surface area (Å²) in [7, 11) is 0. The van der Waals surface area contributed by atoms with E-state index in [1.165, 1.54) is 18.4 Å². The standard InChI is InChI=1S/C16H16ClN3O/c17-14-3-1-2-4-15(14)20-16(21)19-9-11-7-13(10-18-8-11)12-5-6-12/h1-4,7-8,10,12H,5-6,9H2,(H2,19,20,21). The molecule has 1 saturated carbocycles. The van der Waals surface area contributed by atoms with Gasteiger partial charge in [-0.2, -0.15) is 0 Å². The van der Waals surface area contributed by atoms with Gasteiger partial charge < -0.3 is 10.6 Å². The van der Waals surface area contributed by atoms with Crippen LogP contribution in [0, 0.1) is 0 Å². The van der Waals surface area contributed by atoms with Crippen molar-refractivity contribution in [1.82, 2.24) is 10.3 Å². The van der Waals surface area contributed by atoms with Gasteiger partial charge >= 0.3 is 6.03 Å². The molecule has 108 valence electrons. The molecular formula is C16H16ClN3O. The Bertz CT molecular complexity index is 655. The van der Waals surface area contributed by atoms with Crippen molar-refractivity contribution < 1.29 is 4.79 Å². The van der Waals surface area contributed by atoms with Crippen LogP contribution in [0.2, 0.25) is 5.02 Å². The lowest BCUT2D eigenvalue weighted by Gasteiger charge is -2.09. The maximum atomic E-state index is 11.9. The number of urea groups is 1. The van der Waals surface area contributed by atoms with Crippen molar-refractivity contribution in [2.24, 2.45) is 0 Å². The minimum Gasteiger partial charge on any atom is -0.334 e. The third-order valence-corrected chi connectivity index (χ3v) is 3.77. The average molecular weight is 302 g/mol. The molecule has 2 N–H and O–H groups in total. The van der Waals surface area contributed by atoms with E-state index in [9.17, 15) is 4.79 Å². The molecule has 2 aromatic rings. The van der Waals surface area contributed by atoms with Crippen molar-refractivity contribution >= 4 is 23.3 Å². The van der Waals surface area contributed by atoms with Crippen LogP contribution >= 0.6 is 11.6 Å². The van der Waals surface area contributed by atoms with Gasteiger partial charge in [0, 0.05) is 18.9 Å². The normalized spacial score (nSPS) is 13.8. The summed E-state index contributed by atoms with van der Waals surface area (Å²) in [6.07, 6.45) is 6.17. The number of hydrogen-bond acceptors (Lipinski definition) is 2. The lowest BCUT2D eigenvalue weighted by molar-refractivity contribution is 0.251. The molecule has 1 fully saturated rings. The summed E-state index contributed by atoms with van der Waals surface area (Å²) in [5.74, 6) is 0.661. The van der Waals surface area contributed by atoms with E-state index in [1.807, 2.05) is 18.3 Å². The SMILES string of the molecule is O=C(NCc1cncc(C2CC2)c1)Nc1ccccc1Cl. The van der Waals surface area contributed by atoms with Gasteiger partial charge in [0.05, 0.1) is 10.7 Å². The van der Waals surface area contributed by atoms with E-state index in [0.717, 1.165) is 5.56 Å². The van der Waals surface area contributed by atoms with Crippen molar-refractivity contribution in [3.05, 3.63) is 58.9 Å². The first-order chi connectivity index (χ1) is 10.2. The van der Waals surface area contributed by atoms with E-state index >= 15 is 0 Å². The number of carbonyl (C=O) groups excluding carboxylic acids is 1. The van der Waals surface area contributed by atoms with Gasteiger partial charge in [-0.05, 0) is 42.0 Å². The fourth-order valence-electron chi connectivity index (χ4n) is 2.16. The minimum atomic E-state index is -0.278. The van der Waals surface area contributed by atoms with E-state index in [4.69, 9.17) is 11.6 Å². The summed E-state index contributed by atoms with van der Waals surface area (Å²) >= 11 is 6.00. The second kappa shape index (κ2) is 6.14. The first-order valence-corrected chi connectivity index (χ1v) is 7.33. The Morgan fingerprint density at radius 2 is 2.10 bits per heavy atom. The number of halogens is 1. The van der Waals surface area contributed by atoms with Crippen molar-refractivity contribution in [2.75, 3.05) is 5.32 Å². The van der Waals surface area contributed by atoms with E-state index in [0.29, 0.717) is 23.2 Å². The van der Waals surface area contributed by atoms with Crippen LogP contribution in [0.5, 0.6) is 0 Å². The Morgan fingerprint density at radius 3 is 2.86 bits per heavy atom. The zero-order chi connectivity index (χ0) is 14.7. The Balaban J connectivity index is 1.56. The molecule has 1 aliphatic rings. The molecule has 0 radical (unpaired) electrons. The zero-order valence-corrected chi connectivity index (χ0v) is 12.2. The summed E-state index contributed by atoms with van der Waals surface area (Å²) in [6, 6.07) is 8.97. The van der Waals surface area contributed by atoms with Gasteiger partial charge in [-0.15, -0.1) is 0 Å². The van der Waals surface area contributed by atoms with Gasteiger partial charge in [0.1, 0.15) is 0 Å². The van der Waals surface area contributed by atoms with Gasteiger partial charge in [0.25, 0.3) is 0 Å². The minimum absolute atomic E-state index is 0.278. The van der Waals surface area contributed by atoms with Crippen LogP contribution in [0.25, 0.3) is 0 Å². The second-order valence-corrected chi connectivity index (χ2v) is 5.60. The van der Waals surface area contributed by atoms with E-state index in [-0.39, 0.29) is 6.03 Å². The number of para-hydroxylation sites is 1. The van der Waals surface area contributed by atoms with E-state index in [2.05, 4.69) is 21.7 Å². The molecule has 0 bridgehead atoms. The Kier molecular flexibility index (Phi) is 4.06. The van der Waals surface area contributed by atoms with Gasteiger partial charge in [-0.1, -0.05) is 29.8 Å². The van der Waals surface area contributed by atoms with Gasteiger partial charge in [-0.3, -0.25) is 4.98 Å². The molecule has 1 heterocycles. The molecule has 21 heavy (non-hydrogen) atoms. The van der Waals surface area contributed by atoms with Crippen molar-refractivity contribution in [3.8, 4) is 0 Å². The highest BCUT2D eigenvalue weighted by Gasteiger charge is 2.23. The summed E-state index contributed by atoms with van der Waals surface area (Å²) in [4.78, 5) is 16.1. The van der Waals surface area contributed by atoms with Crippen molar-refractivity contribution in [2.45, 2.75) is 25.3 Å². The van der Waals surface area contributed by atoms with E-state index < -0.39 is 0 Å². The predicted octanol–water partition coefficient (Wildman–Crippen LogP) is 3.93. The molecular weight excluding hydrogens is 286 g/mol. The highest BCUT2D eigenvalue weighted by atomic mass is 35.5.